The van der Waals surface area contributed by atoms with Crippen molar-refractivity contribution in [3.05, 3.63) is 65.2 Å². The molecule has 0 unspecified atom stereocenters. The number of benzene rings is 2. The molecule has 8 heteroatoms. The van der Waals surface area contributed by atoms with Crippen molar-refractivity contribution in [2.24, 2.45) is 4.99 Å². The average molecular weight is 420 g/mol. The monoisotopic (exact) mass is 420 g/mol. The van der Waals surface area contributed by atoms with Crippen LogP contribution in [-0.4, -0.2) is 38.8 Å². The van der Waals surface area contributed by atoms with Gasteiger partial charge in [0.25, 0.3) is 0 Å². The first-order valence-electron chi connectivity index (χ1n) is 10.1. The van der Waals surface area contributed by atoms with Gasteiger partial charge < -0.3 is 20.3 Å². The molecule has 1 heterocycles. The zero-order valence-corrected chi connectivity index (χ0v) is 17.0. The third-order valence-electron chi connectivity index (χ3n) is 4.79. The quantitative estimate of drug-likeness (QED) is 0.551. The summed E-state index contributed by atoms with van der Waals surface area (Å²) >= 11 is 0. The molecule has 3 rings (SSSR count). The summed E-state index contributed by atoms with van der Waals surface area (Å²) in [6, 6.07) is 13.6. The Bertz CT molecular complexity index is 831. The van der Waals surface area contributed by atoms with Gasteiger partial charge in [0.2, 0.25) is 0 Å². The summed E-state index contributed by atoms with van der Waals surface area (Å²) in [7, 11) is 0. The Kier molecular flexibility index (Phi) is 7.57. The molecule has 0 spiro atoms. The van der Waals surface area contributed by atoms with Crippen LogP contribution in [-0.2, 0) is 24.0 Å². The lowest BCUT2D eigenvalue weighted by Crippen LogP contribution is -2.37. The number of anilines is 1. The third kappa shape index (κ3) is 6.38. The lowest BCUT2D eigenvalue weighted by Gasteiger charge is -2.28. The van der Waals surface area contributed by atoms with E-state index in [4.69, 9.17) is 4.74 Å². The molecule has 1 aliphatic rings. The molecule has 0 amide bonds. The van der Waals surface area contributed by atoms with Gasteiger partial charge in [-0.2, -0.15) is 13.2 Å². The van der Waals surface area contributed by atoms with Crippen molar-refractivity contribution in [1.82, 2.24) is 10.6 Å². The van der Waals surface area contributed by atoms with Crippen LogP contribution in [0.3, 0.4) is 0 Å². The molecule has 0 saturated carbocycles. The fraction of sp³-hybridized carbons (Fsp3) is 0.409. The largest absolute Gasteiger partial charge is 0.416 e. The Labute approximate surface area is 174 Å². The Morgan fingerprint density at radius 2 is 1.77 bits per heavy atom. The number of hydrogen-bond donors (Lipinski definition) is 2. The van der Waals surface area contributed by atoms with Gasteiger partial charge in [-0.05, 0) is 42.3 Å². The van der Waals surface area contributed by atoms with Crippen molar-refractivity contribution in [2.45, 2.75) is 26.2 Å². The number of morpholine rings is 1. The standard InChI is InChI=1S/C22H27F3N4O/c1-2-26-21(28-16-18-4-3-5-19(14-18)22(23,24)25)27-15-17-6-8-20(9-7-17)29-10-12-30-13-11-29/h3-9,14H,2,10-13,15-16H2,1H3,(H2,26,27,28). The van der Waals surface area contributed by atoms with E-state index in [1.807, 2.05) is 6.92 Å². The number of halogens is 3. The summed E-state index contributed by atoms with van der Waals surface area (Å²) < 4.78 is 44.0. The number of aliphatic imine (C=N–C) groups is 1. The molecule has 5 nitrogen and oxygen atoms in total. The lowest BCUT2D eigenvalue weighted by molar-refractivity contribution is -0.137. The first kappa shape index (κ1) is 22.0. The van der Waals surface area contributed by atoms with Crippen LogP contribution in [0.15, 0.2) is 53.5 Å². The molecule has 0 radical (unpaired) electrons. The van der Waals surface area contributed by atoms with Gasteiger partial charge in [0.15, 0.2) is 5.96 Å². The summed E-state index contributed by atoms with van der Waals surface area (Å²) in [6.07, 6.45) is -4.35. The van der Waals surface area contributed by atoms with Crippen molar-refractivity contribution >= 4 is 11.6 Å². The second-order valence-corrected chi connectivity index (χ2v) is 7.01. The van der Waals surface area contributed by atoms with E-state index < -0.39 is 11.7 Å². The average Bonchev–Trinajstić information content (AvgIpc) is 2.76. The van der Waals surface area contributed by atoms with Gasteiger partial charge in [0.1, 0.15) is 0 Å². The molecule has 1 saturated heterocycles. The first-order chi connectivity index (χ1) is 14.5. The molecule has 0 bridgehead atoms. The molecule has 1 aliphatic heterocycles. The van der Waals surface area contributed by atoms with Crippen LogP contribution < -0.4 is 15.5 Å². The number of nitrogens with zero attached hydrogens (tertiary/aromatic N) is 2. The van der Waals surface area contributed by atoms with E-state index in [0.717, 1.165) is 44.0 Å². The molecule has 0 aliphatic carbocycles. The number of alkyl halides is 3. The van der Waals surface area contributed by atoms with Crippen LogP contribution in [0.2, 0.25) is 0 Å². The summed E-state index contributed by atoms with van der Waals surface area (Å²) in [4.78, 5) is 6.71. The summed E-state index contributed by atoms with van der Waals surface area (Å²) in [6.45, 7) is 6.61. The SMILES string of the molecule is CCNC(=NCc1cccc(C(F)(F)F)c1)NCc1ccc(N2CCOCC2)cc1. The minimum Gasteiger partial charge on any atom is -0.378 e. The second-order valence-electron chi connectivity index (χ2n) is 7.01. The van der Waals surface area contributed by atoms with Gasteiger partial charge >= 0.3 is 6.18 Å². The van der Waals surface area contributed by atoms with Crippen molar-refractivity contribution in [1.29, 1.82) is 0 Å². The summed E-state index contributed by atoms with van der Waals surface area (Å²) in [5.74, 6) is 0.562. The van der Waals surface area contributed by atoms with Crippen LogP contribution >= 0.6 is 0 Å². The molecule has 162 valence electrons. The van der Waals surface area contributed by atoms with E-state index in [9.17, 15) is 13.2 Å². The molecular formula is C22H27F3N4O. The van der Waals surface area contributed by atoms with E-state index >= 15 is 0 Å². The Balaban J connectivity index is 1.58. The zero-order chi connectivity index (χ0) is 21.4. The Morgan fingerprint density at radius 1 is 1.03 bits per heavy atom. The van der Waals surface area contributed by atoms with Crippen LogP contribution in [0.25, 0.3) is 0 Å². The van der Waals surface area contributed by atoms with Gasteiger partial charge in [-0.1, -0.05) is 24.3 Å². The highest BCUT2D eigenvalue weighted by atomic mass is 19.4. The molecule has 0 aromatic heterocycles. The molecule has 2 aromatic carbocycles. The van der Waals surface area contributed by atoms with E-state index in [2.05, 4.69) is 44.8 Å². The summed E-state index contributed by atoms with van der Waals surface area (Å²) in [5.41, 5.74) is 2.12. The molecule has 2 N–H and O–H groups in total. The fourth-order valence-corrected chi connectivity index (χ4v) is 3.19. The van der Waals surface area contributed by atoms with E-state index in [-0.39, 0.29) is 6.54 Å². The van der Waals surface area contributed by atoms with Crippen LogP contribution in [0.5, 0.6) is 0 Å². The third-order valence-corrected chi connectivity index (χ3v) is 4.79. The first-order valence-corrected chi connectivity index (χ1v) is 10.1. The van der Waals surface area contributed by atoms with Crippen molar-refractivity contribution in [2.75, 3.05) is 37.7 Å². The van der Waals surface area contributed by atoms with Gasteiger partial charge in [-0.15, -0.1) is 0 Å². The number of ether oxygens (including phenoxy) is 1. The number of hydrogen-bond acceptors (Lipinski definition) is 3. The van der Waals surface area contributed by atoms with E-state index in [0.29, 0.717) is 24.6 Å². The van der Waals surface area contributed by atoms with Crippen LogP contribution in [0.4, 0.5) is 18.9 Å². The Morgan fingerprint density at radius 3 is 2.43 bits per heavy atom. The highest BCUT2D eigenvalue weighted by molar-refractivity contribution is 5.79. The molecular weight excluding hydrogens is 393 g/mol. The Hall–Kier alpha value is -2.74. The maximum absolute atomic E-state index is 12.9. The molecule has 30 heavy (non-hydrogen) atoms. The van der Waals surface area contributed by atoms with Gasteiger partial charge in [0.05, 0.1) is 25.3 Å². The number of rotatable bonds is 6. The normalized spacial score (nSPS) is 15.2. The van der Waals surface area contributed by atoms with Crippen molar-refractivity contribution < 1.29 is 17.9 Å². The maximum atomic E-state index is 12.9. The highest BCUT2D eigenvalue weighted by Gasteiger charge is 2.30. The topological polar surface area (TPSA) is 48.9 Å². The number of nitrogens with one attached hydrogen (secondary N) is 2. The summed E-state index contributed by atoms with van der Waals surface area (Å²) in [5, 5.41) is 6.36. The fourth-order valence-electron chi connectivity index (χ4n) is 3.19. The smallest absolute Gasteiger partial charge is 0.378 e. The minimum absolute atomic E-state index is 0.162. The van der Waals surface area contributed by atoms with Gasteiger partial charge in [0, 0.05) is 31.9 Å². The predicted octanol–water partition coefficient (Wildman–Crippen LogP) is 3.80. The molecule has 0 atom stereocenters. The zero-order valence-electron chi connectivity index (χ0n) is 17.0. The molecule has 1 fully saturated rings. The predicted molar refractivity (Wildman–Crippen MR) is 113 cm³/mol. The lowest BCUT2D eigenvalue weighted by atomic mass is 10.1. The molecule has 2 aromatic rings. The van der Waals surface area contributed by atoms with Crippen molar-refractivity contribution in [3.8, 4) is 0 Å². The van der Waals surface area contributed by atoms with Crippen molar-refractivity contribution in [3.63, 3.8) is 0 Å². The van der Waals surface area contributed by atoms with Crippen LogP contribution in [0.1, 0.15) is 23.6 Å². The second kappa shape index (κ2) is 10.3. The number of guanidine groups is 1. The minimum atomic E-state index is -4.35. The highest BCUT2D eigenvalue weighted by Crippen LogP contribution is 2.29. The van der Waals surface area contributed by atoms with E-state index in [1.165, 1.54) is 11.8 Å². The van der Waals surface area contributed by atoms with Crippen LogP contribution in [0, 0.1) is 0 Å². The van der Waals surface area contributed by atoms with Gasteiger partial charge in [-0.3, -0.25) is 0 Å². The van der Waals surface area contributed by atoms with E-state index in [1.54, 1.807) is 6.07 Å². The maximum Gasteiger partial charge on any atom is 0.416 e. The van der Waals surface area contributed by atoms with Gasteiger partial charge in [-0.25, -0.2) is 4.99 Å².